The van der Waals surface area contributed by atoms with Crippen molar-refractivity contribution in [3.63, 3.8) is 0 Å². The maximum Gasteiger partial charge on any atom is 0.405 e. The molecule has 0 heterocycles. The molecule has 0 radical (unpaired) electrons. The van der Waals surface area contributed by atoms with Crippen LogP contribution >= 0.6 is 0 Å². The van der Waals surface area contributed by atoms with Crippen LogP contribution in [0.5, 0.6) is 11.5 Å². The predicted molar refractivity (Wildman–Crippen MR) is 89.1 cm³/mol. The highest BCUT2D eigenvalue weighted by Crippen LogP contribution is 2.48. The number of rotatable bonds is 5. The Kier molecular flexibility index (Phi) is 5.07. The summed E-state index contributed by atoms with van der Waals surface area (Å²) in [5.41, 5.74) is 5.38. The summed E-state index contributed by atoms with van der Waals surface area (Å²) < 4.78 is 16.5. The second-order valence-electron chi connectivity index (χ2n) is 6.70. The number of amides is 1. The van der Waals surface area contributed by atoms with Crippen LogP contribution in [0.4, 0.5) is 4.79 Å². The third-order valence-electron chi connectivity index (χ3n) is 5.17. The molecule has 1 aliphatic rings. The number of carbonyl (C=O) groups excluding carboxylic acids is 1. The highest BCUT2D eigenvalue weighted by molar-refractivity contribution is 5.65. The van der Waals surface area contributed by atoms with Crippen molar-refractivity contribution in [1.82, 2.24) is 0 Å². The molecule has 128 valence electrons. The van der Waals surface area contributed by atoms with Gasteiger partial charge in [-0.3, -0.25) is 0 Å². The minimum atomic E-state index is -0.713. The van der Waals surface area contributed by atoms with Crippen molar-refractivity contribution in [2.45, 2.75) is 57.0 Å². The molecule has 2 N–H and O–H groups in total. The minimum absolute atomic E-state index is 0.412. The average Bonchev–Trinajstić information content (AvgIpc) is 2.54. The standard InChI is InChI=1S/C18H27NO4/c1-17(2,13-10-14(21-3)12-15(11-13)22-4)18(23-16(19)20)8-6-5-7-9-18/h10-12H,5-9H2,1-4H3,(H2,19,20). The van der Waals surface area contributed by atoms with Crippen LogP contribution in [0.2, 0.25) is 0 Å². The molecule has 23 heavy (non-hydrogen) atoms. The van der Waals surface area contributed by atoms with Crippen molar-refractivity contribution in [2.24, 2.45) is 5.73 Å². The zero-order valence-electron chi connectivity index (χ0n) is 14.5. The number of nitrogens with two attached hydrogens (primary N) is 1. The molecule has 0 unspecified atom stereocenters. The topological polar surface area (TPSA) is 70.8 Å². The smallest absolute Gasteiger partial charge is 0.405 e. The quantitative estimate of drug-likeness (QED) is 0.896. The number of methoxy groups -OCH3 is 2. The van der Waals surface area contributed by atoms with Gasteiger partial charge in [0.15, 0.2) is 0 Å². The molecule has 1 amide bonds. The van der Waals surface area contributed by atoms with Crippen LogP contribution in [0.15, 0.2) is 18.2 Å². The largest absolute Gasteiger partial charge is 0.497 e. The molecule has 0 aliphatic heterocycles. The molecule has 1 aromatic rings. The van der Waals surface area contributed by atoms with Gasteiger partial charge in [0.2, 0.25) is 0 Å². The van der Waals surface area contributed by atoms with Crippen molar-refractivity contribution in [1.29, 1.82) is 0 Å². The fourth-order valence-corrected chi connectivity index (χ4v) is 3.60. The van der Waals surface area contributed by atoms with Crippen molar-refractivity contribution in [2.75, 3.05) is 14.2 Å². The van der Waals surface area contributed by atoms with Gasteiger partial charge in [-0.05, 0) is 43.4 Å². The second kappa shape index (κ2) is 6.69. The lowest BCUT2D eigenvalue weighted by atomic mass is 9.63. The summed E-state index contributed by atoms with van der Waals surface area (Å²) in [6.07, 6.45) is 4.11. The van der Waals surface area contributed by atoms with Crippen molar-refractivity contribution in [3.8, 4) is 11.5 Å². The molecule has 1 aliphatic carbocycles. The SMILES string of the molecule is COc1cc(OC)cc(C(C)(C)C2(OC(N)=O)CCCCC2)c1. The Labute approximate surface area is 138 Å². The molecule has 1 saturated carbocycles. The van der Waals surface area contributed by atoms with Crippen LogP contribution in [-0.4, -0.2) is 25.9 Å². The van der Waals surface area contributed by atoms with E-state index in [1.54, 1.807) is 14.2 Å². The van der Waals surface area contributed by atoms with E-state index in [9.17, 15) is 4.79 Å². The lowest BCUT2D eigenvalue weighted by Crippen LogP contribution is -2.53. The molecule has 2 rings (SSSR count). The molecular formula is C18H27NO4. The lowest BCUT2D eigenvalue weighted by Gasteiger charge is -2.48. The molecule has 5 heteroatoms. The molecule has 0 spiro atoms. The Hall–Kier alpha value is -1.91. The zero-order chi connectivity index (χ0) is 17.1. The van der Waals surface area contributed by atoms with Gasteiger partial charge in [-0.1, -0.05) is 20.3 Å². The van der Waals surface area contributed by atoms with Crippen LogP contribution in [0.1, 0.15) is 51.5 Å². The average molecular weight is 321 g/mol. The van der Waals surface area contributed by atoms with E-state index in [1.165, 1.54) is 0 Å². The monoisotopic (exact) mass is 321 g/mol. The Morgan fingerprint density at radius 3 is 2.00 bits per heavy atom. The number of hydrogen-bond donors (Lipinski definition) is 1. The number of hydrogen-bond acceptors (Lipinski definition) is 4. The van der Waals surface area contributed by atoms with Gasteiger partial charge in [-0.15, -0.1) is 0 Å². The zero-order valence-corrected chi connectivity index (χ0v) is 14.5. The summed E-state index contributed by atoms with van der Waals surface area (Å²) in [5, 5.41) is 0. The number of carbonyl (C=O) groups is 1. The fraction of sp³-hybridized carbons (Fsp3) is 0.611. The second-order valence-corrected chi connectivity index (χ2v) is 6.70. The molecule has 1 aromatic carbocycles. The highest BCUT2D eigenvalue weighted by atomic mass is 16.6. The van der Waals surface area contributed by atoms with Crippen molar-refractivity contribution >= 4 is 6.09 Å². The summed E-state index contributed by atoms with van der Waals surface area (Å²) in [6, 6.07) is 5.79. The maximum absolute atomic E-state index is 11.5. The number of benzene rings is 1. The van der Waals surface area contributed by atoms with Crippen LogP contribution in [0, 0.1) is 0 Å². The van der Waals surface area contributed by atoms with Gasteiger partial charge >= 0.3 is 6.09 Å². The van der Waals surface area contributed by atoms with E-state index in [-0.39, 0.29) is 0 Å². The highest BCUT2D eigenvalue weighted by Gasteiger charge is 2.49. The minimum Gasteiger partial charge on any atom is -0.497 e. The van der Waals surface area contributed by atoms with Crippen LogP contribution in [-0.2, 0) is 10.2 Å². The Bertz CT molecular complexity index is 540. The Morgan fingerprint density at radius 1 is 1.04 bits per heavy atom. The first kappa shape index (κ1) is 17.4. The first-order valence-electron chi connectivity index (χ1n) is 8.06. The molecule has 0 bridgehead atoms. The van der Waals surface area contributed by atoms with Crippen LogP contribution in [0.3, 0.4) is 0 Å². The van der Waals surface area contributed by atoms with E-state index >= 15 is 0 Å². The van der Waals surface area contributed by atoms with Gasteiger partial charge in [0.05, 0.1) is 14.2 Å². The summed E-state index contributed by atoms with van der Waals surface area (Å²) >= 11 is 0. The summed E-state index contributed by atoms with van der Waals surface area (Å²) in [6.45, 7) is 4.19. The Morgan fingerprint density at radius 2 is 1.57 bits per heavy atom. The van der Waals surface area contributed by atoms with E-state index < -0.39 is 17.1 Å². The van der Waals surface area contributed by atoms with Gasteiger partial charge in [0, 0.05) is 11.5 Å². The summed E-state index contributed by atoms with van der Waals surface area (Å²) in [7, 11) is 3.25. The van der Waals surface area contributed by atoms with Crippen LogP contribution in [0.25, 0.3) is 0 Å². The Balaban J connectivity index is 2.50. The van der Waals surface area contributed by atoms with E-state index in [4.69, 9.17) is 19.9 Å². The normalized spacial score (nSPS) is 17.4. The van der Waals surface area contributed by atoms with E-state index in [0.29, 0.717) is 0 Å². The van der Waals surface area contributed by atoms with E-state index in [0.717, 1.165) is 49.2 Å². The van der Waals surface area contributed by atoms with E-state index in [2.05, 4.69) is 13.8 Å². The first-order valence-corrected chi connectivity index (χ1v) is 8.06. The summed E-state index contributed by atoms with van der Waals surface area (Å²) in [5.74, 6) is 1.44. The van der Waals surface area contributed by atoms with E-state index in [1.807, 2.05) is 18.2 Å². The lowest BCUT2D eigenvalue weighted by molar-refractivity contribution is -0.0634. The van der Waals surface area contributed by atoms with Gasteiger partial charge in [0.1, 0.15) is 17.1 Å². The number of primary amides is 1. The summed E-state index contributed by atoms with van der Waals surface area (Å²) in [4.78, 5) is 11.5. The fourth-order valence-electron chi connectivity index (χ4n) is 3.60. The van der Waals surface area contributed by atoms with Crippen molar-refractivity contribution < 1.29 is 19.0 Å². The third kappa shape index (κ3) is 3.38. The molecule has 0 atom stereocenters. The maximum atomic E-state index is 11.5. The number of ether oxygens (including phenoxy) is 3. The molecule has 5 nitrogen and oxygen atoms in total. The molecule has 1 fully saturated rings. The van der Waals surface area contributed by atoms with Gasteiger partial charge in [-0.2, -0.15) is 0 Å². The van der Waals surface area contributed by atoms with Crippen LogP contribution < -0.4 is 15.2 Å². The van der Waals surface area contributed by atoms with Gasteiger partial charge in [-0.25, -0.2) is 4.79 Å². The molecule has 0 aromatic heterocycles. The molecule has 0 saturated heterocycles. The van der Waals surface area contributed by atoms with Gasteiger partial charge in [0.25, 0.3) is 0 Å². The van der Waals surface area contributed by atoms with Crippen molar-refractivity contribution in [3.05, 3.63) is 23.8 Å². The predicted octanol–water partition coefficient (Wildman–Crippen LogP) is 3.78. The van der Waals surface area contributed by atoms with Gasteiger partial charge < -0.3 is 19.9 Å². The first-order chi connectivity index (χ1) is 10.8. The molecular weight excluding hydrogens is 294 g/mol. The third-order valence-corrected chi connectivity index (χ3v) is 5.17.